The highest BCUT2D eigenvalue weighted by atomic mass is 19.3. The van der Waals surface area contributed by atoms with Crippen molar-refractivity contribution >= 4 is 5.97 Å². The van der Waals surface area contributed by atoms with Gasteiger partial charge < -0.3 is 4.74 Å². The summed E-state index contributed by atoms with van der Waals surface area (Å²) in [7, 11) is 0. The molecule has 0 bridgehead atoms. The Morgan fingerprint density at radius 1 is 1.04 bits per heavy atom. The van der Waals surface area contributed by atoms with Gasteiger partial charge in [-0.05, 0) is 43.9 Å². The molecular formula is C20H22F2O2. The third kappa shape index (κ3) is 5.15. The predicted octanol–water partition coefficient (Wildman–Crippen LogP) is 5.37. The van der Waals surface area contributed by atoms with Gasteiger partial charge in [0.05, 0.1) is 12.2 Å². The topological polar surface area (TPSA) is 26.3 Å². The first-order chi connectivity index (χ1) is 11.5. The molecule has 0 heterocycles. The van der Waals surface area contributed by atoms with E-state index in [9.17, 15) is 13.6 Å². The highest BCUT2D eigenvalue weighted by Crippen LogP contribution is 2.34. The summed E-state index contributed by atoms with van der Waals surface area (Å²) in [6.45, 7) is 1.90. The van der Waals surface area contributed by atoms with E-state index >= 15 is 0 Å². The number of benzene rings is 2. The Balaban J connectivity index is 1.92. The molecule has 2 aromatic carbocycles. The first-order valence-corrected chi connectivity index (χ1v) is 8.22. The summed E-state index contributed by atoms with van der Waals surface area (Å²) in [4.78, 5) is 11.7. The number of hydrogen-bond donors (Lipinski definition) is 0. The van der Waals surface area contributed by atoms with E-state index in [0.717, 1.165) is 12.0 Å². The Morgan fingerprint density at radius 2 is 1.79 bits per heavy atom. The van der Waals surface area contributed by atoms with Crippen LogP contribution in [0.3, 0.4) is 0 Å². The fourth-order valence-electron chi connectivity index (χ4n) is 2.55. The zero-order chi connectivity index (χ0) is 17.4. The van der Waals surface area contributed by atoms with Gasteiger partial charge in [0, 0.05) is 12.0 Å². The highest BCUT2D eigenvalue weighted by molar-refractivity contribution is 5.89. The van der Waals surface area contributed by atoms with Gasteiger partial charge >= 0.3 is 5.97 Å². The fraction of sp³-hybridized carbons (Fsp3) is 0.350. The van der Waals surface area contributed by atoms with E-state index in [2.05, 4.69) is 0 Å². The van der Waals surface area contributed by atoms with Crippen molar-refractivity contribution in [3.63, 3.8) is 0 Å². The van der Waals surface area contributed by atoms with Gasteiger partial charge in [0.25, 0.3) is 5.92 Å². The maximum Gasteiger partial charge on any atom is 0.338 e. The van der Waals surface area contributed by atoms with Crippen molar-refractivity contribution in [2.24, 2.45) is 0 Å². The molecule has 0 spiro atoms. The summed E-state index contributed by atoms with van der Waals surface area (Å²) < 4.78 is 33.6. The second kappa shape index (κ2) is 8.57. The molecule has 0 N–H and O–H groups in total. The average molecular weight is 332 g/mol. The molecule has 0 unspecified atom stereocenters. The Kier molecular flexibility index (Phi) is 6.47. The lowest BCUT2D eigenvalue weighted by Crippen LogP contribution is -2.15. The van der Waals surface area contributed by atoms with Gasteiger partial charge in [0.15, 0.2) is 0 Å². The molecule has 0 aromatic heterocycles. The number of halogens is 2. The largest absolute Gasteiger partial charge is 0.462 e. The Bertz CT molecular complexity index is 654. The van der Waals surface area contributed by atoms with Crippen LogP contribution in [-0.2, 0) is 17.1 Å². The molecule has 0 radical (unpaired) electrons. The molecule has 0 aliphatic carbocycles. The second-order valence-electron chi connectivity index (χ2n) is 5.70. The smallest absolute Gasteiger partial charge is 0.338 e. The lowest BCUT2D eigenvalue weighted by atomic mass is 9.99. The molecule has 2 rings (SSSR count). The van der Waals surface area contributed by atoms with Crippen LogP contribution in [0.2, 0.25) is 0 Å². The SMILES string of the molecule is CCOC(=O)c1cccc(C(F)(F)CCCCc2ccccc2)c1. The average Bonchev–Trinajstić information content (AvgIpc) is 2.60. The Hall–Kier alpha value is -2.23. The van der Waals surface area contributed by atoms with Crippen LogP contribution in [0.15, 0.2) is 54.6 Å². The van der Waals surface area contributed by atoms with Crippen LogP contribution in [0.25, 0.3) is 0 Å². The number of ether oxygens (including phenoxy) is 1. The molecule has 2 nitrogen and oxygen atoms in total. The van der Waals surface area contributed by atoms with Gasteiger partial charge in [0.2, 0.25) is 0 Å². The summed E-state index contributed by atoms with van der Waals surface area (Å²) in [5.74, 6) is -3.52. The zero-order valence-electron chi connectivity index (χ0n) is 13.8. The van der Waals surface area contributed by atoms with E-state index in [1.54, 1.807) is 6.92 Å². The van der Waals surface area contributed by atoms with Crippen molar-refractivity contribution < 1.29 is 18.3 Å². The predicted molar refractivity (Wildman–Crippen MR) is 90.3 cm³/mol. The van der Waals surface area contributed by atoms with Crippen molar-refractivity contribution in [2.75, 3.05) is 6.61 Å². The summed E-state index contributed by atoms with van der Waals surface area (Å²) in [6.07, 6.45) is 1.69. The standard InChI is InChI=1S/C20H22F2O2/c1-2-24-19(23)17-12-8-13-18(15-17)20(21,22)14-7-6-11-16-9-4-3-5-10-16/h3-5,8-10,12-13,15H,2,6-7,11,14H2,1H3. The van der Waals surface area contributed by atoms with E-state index in [4.69, 9.17) is 4.74 Å². The highest BCUT2D eigenvalue weighted by Gasteiger charge is 2.31. The molecule has 0 aliphatic rings. The monoisotopic (exact) mass is 332 g/mol. The number of hydrogen-bond acceptors (Lipinski definition) is 2. The van der Waals surface area contributed by atoms with Gasteiger partial charge in [-0.3, -0.25) is 0 Å². The van der Waals surface area contributed by atoms with Gasteiger partial charge in [0.1, 0.15) is 0 Å². The number of unbranched alkanes of at least 4 members (excludes halogenated alkanes) is 1. The third-order valence-corrected chi connectivity index (χ3v) is 3.85. The van der Waals surface area contributed by atoms with Crippen molar-refractivity contribution in [3.8, 4) is 0 Å². The summed E-state index contributed by atoms with van der Waals surface area (Å²) in [5, 5.41) is 0. The summed E-state index contributed by atoms with van der Waals surface area (Å²) >= 11 is 0. The molecule has 24 heavy (non-hydrogen) atoms. The second-order valence-corrected chi connectivity index (χ2v) is 5.70. The third-order valence-electron chi connectivity index (χ3n) is 3.85. The fourth-order valence-corrected chi connectivity index (χ4v) is 2.55. The number of aryl methyl sites for hydroxylation is 1. The molecule has 0 atom stereocenters. The Morgan fingerprint density at radius 3 is 2.50 bits per heavy atom. The summed E-state index contributed by atoms with van der Waals surface area (Å²) in [6, 6.07) is 15.4. The molecule has 0 saturated heterocycles. The van der Waals surface area contributed by atoms with Crippen LogP contribution in [0.4, 0.5) is 8.78 Å². The molecule has 2 aromatic rings. The molecule has 4 heteroatoms. The number of esters is 1. The minimum atomic E-state index is -2.95. The molecule has 0 saturated carbocycles. The van der Waals surface area contributed by atoms with Gasteiger partial charge in [-0.2, -0.15) is 0 Å². The van der Waals surface area contributed by atoms with Gasteiger partial charge in [-0.1, -0.05) is 42.5 Å². The van der Waals surface area contributed by atoms with Crippen LogP contribution in [0, 0.1) is 0 Å². The lowest BCUT2D eigenvalue weighted by Gasteiger charge is -2.17. The zero-order valence-corrected chi connectivity index (χ0v) is 13.8. The van der Waals surface area contributed by atoms with E-state index in [-0.39, 0.29) is 24.2 Å². The first kappa shape index (κ1) is 18.1. The van der Waals surface area contributed by atoms with Crippen molar-refractivity contribution in [1.82, 2.24) is 0 Å². The minimum Gasteiger partial charge on any atom is -0.462 e. The number of carbonyl (C=O) groups excluding carboxylic acids is 1. The van der Waals surface area contributed by atoms with E-state index in [0.29, 0.717) is 12.8 Å². The molecular weight excluding hydrogens is 310 g/mol. The van der Waals surface area contributed by atoms with E-state index in [1.807, 2.05) is 30.3 Å². The van der Waals surface area contributed by atoms with Gasteiger partial charge in [-0.25, -0.2) is 13.6 Å². The first-order valence-electron chi connectivity index (χ1n) is 8.22. The van der Waals surface area contributed by atoms with E-state index < -0.39 is 11.9 Å². The summed E-state index contributed by atoms with van der Waals surface area (Å²) in [5.41, 5.74) is 1.19. The number of rotatable bonds is 8. The van der Waals surface area contributed by atoms with Crippen LogP contribution < -0.4 is 0 Å². The normalized spacial score (nSPS) is 11.3. The van der Waals surface area contributed by atoms with Crippen LogP contribution in [-0.4, -0.2) is 12.6 Å². The van der Waals surface area contributed by atoms with Crippen molar-refractivity contribution in [3.05, 3.63) is 71.3 Å². The van der Waals surface area contributed by atoms with Crippen LogP contribution in [0.1, 0.15) is 47.7 Å². The van der Waals surface area contributed by atoms with E-state index in [1.165, 1.54) is 24.3 Å². The van der Waals surface area contributed by atoms with Crippen LogP contribution in [0.5, 0.6) is 0 Å². The van der Waals surface area contributed by atoms with Crippen molar-refractivity contribution in [1.29, 1.82) is 0 Å². The minimum absolute atomic E-state index is 0.132. The molecule has 0 amide bonds. The maximum absolute atomic E-state index is 14.4. The number of carbonyl (C=O) groups is 1. The Labute approximate surface area is 141 Å². The number of alkyl halides is 2. The maximum atomic E-state index is 14.4. The molecule has 0 aliphatic heterocycles. The van der Waals surface area contributed by atoms with Crippen molar-refractivity contribution in [2.45, 2.75) is 38.5 Å². The quantitative estimate of drug-likeness (QED) is 0.480. The molecule has 128 valence electrons. The van der Waals surface area contributed by atoms with Gasteiger partial charge in [-0.15, -0.1) is 0 Å². The lowest BCUT2D eigenvalue weighted by molar-refractivity contribution is -0.0157. The molecule has 0 fully saturated rings. The van der Waals surface area contributed by atoms with Crippen LogP contribution >= 0.6 is 0 Å².